The van der Waals surface area contributed by atoms with Crippen LogP contribution >= 0.6 is 0 Å². The molecule has 0 spiro atoms. The molecule has 0 saturated carbocycles. The molecule has 0 aliphatic heterocycles. The van der Waals surface area contributed by atoms with Crippen LogP contribution in [-0.2, 0) is 17.9 Å². The lowest BCUT2D eigenvalue weighted by Gasteiger charge is -2.05. The Hall–Kier alpha value is -0.860. The van der Waals surface area contributed by atoms with E-state index in [0.29, 0.717) is 13.2 Å². The Kier molecular flexibility index (Phi) is 7.69. The van der Waals surface area contributed by atoms with E-state index in [1.54, 1.807) is 0 Å². The van der Waals surface area contributed by atoms with Crippen LogP contribution in [0.2, 0.25) is 0 Å². The normalized spacial score (nSPS) is 10.7. The van der Waals surface area contributed by atoms with E-state index in [1.165, 1.54) is 43.2 Å². The molecule has 0 fully saturated rings. The third-order valence-electron chi connectivity index (χ3n) is 2.89. The summed E-state index contributed by atoms with van der Waals surface area (Å²) in [6.07, 6.45) is 6.45. The van der Waals surface area contributed by atoms with E-state index in [2.05, 4.69) is 19.1 Å². The molecular weight excluding hydrogens is 210 g/mol. The van der Waals surface area contributed by atoms with Crippen LogP contribution in [0.3, 0.4) is 0 Å². The van der Waals surface area contributed by atoms with Gasteiger partial charge in [-0.15, -0.1) is 0 Å². The van der Waals surface area contributed by atoms with Crippen molar-refractivity contribution in [2.75, 3.05) is 6.61 Å². The largest absolute Gasteiger partial charge is 0.377 e. The van der Waals surface area contributed by atoms with E-state index in [1.807, 2.05) is 12.1 Å². The molecule has 17 heavy (non-hydrogen) atoms. The SMILES string of the molecule is CCCCCCCOCc1cccc(CN)c1. The van der Waals surface area contributed by atoms with Crippen molar-refractivity contribution in [1.29, 1.82) is 0 Å². The minimum atomic E-state index is 0.602. The first-order valence-electron chi connectivity index (χ1n) is 6.72. The summed E-state index contributed by atoms with van der Waals surface area (Å²) < 4.78 is 5.66. The molecule has 96 valence electrons. The van der Waals surface area contributed by atoms with E-state index in [0.717, 1.165) is 6.61 Å². The summed E-state index contributed by atoms with van der Waals surface area (Å²) in [7, 11) is 0. The van der Waals surface area contributed by atoms with Gasteiger partial charge in [-0.25, -0.2) is 0 Å². The zero-order chi connectivity index (χ0) is 12.3. The summed E-state index contributed by atoms with van der Waals surface area (Å²) in [6, 6.07) is 8.31. The Bertz CT molecular complexity index is 299. The minimum absolute atomic E-state index is 0.602. The second kappa shape index (κ2) is 9.20. The van der Waals surface area contributed by atoms with Gasteiger partial charge in [-0.05, 0) is 17.5 Å². The quantitative estimate of drug-likeness (QED) is 0.663. The highest BCUT2D eigenvalue weighted by Crippen LogP contribution is 2.07. The summed E-state index contributed by atoms with van der Waals surface area (Å²) in [5.74, 6) is 0. The third kappa shape index (κ3) is 6.44. The average molecular weight is 235 g/mol. The van der Waals surface area contributed by atoms with Crippen LogP contribution in [0.5, 0.6) is 0 Å². The fourth-order valence-corrected chi connectivity index (χ4v) is 1.84. The van der Waals surface area contributed by atoms with Crippen LogP contribution in [0.15, 0.2) is 24.3 Å². The average Bonchev–Trinajstić information content (AvgIpc) is 2.38. The van der Waals surface area contributed by atoms with Crippen LogP contribution in [-0.4, -0.2) is 6.61 Å². The van der Waals surface area contributed by atoms with Crippen LogP contribution in [0.1, 0.15) is 50.2 Å². The van der Waals surface area contributed by atoms with Crippen LogP contribution in [0.4, 0.5) is 0 Å². The zero-order valence-corrected chi connectivity index (χ0v) is 11.0. The summed E-state index contributed by atoms with van der Waals surface area (Å²) in [4.78, 5) is 0. The summed E-state index contributed by atoms with van der Waals surface area (Å²) in [5.41, 5.74) is 8.00. The maximum atomic E-state index is 5.66. The van der Waals surface area contributed by atoms with Crippen molar-refractivity contribution < 1.29 is 4.74 Å². The molecule has 0 saturated heterocycles. The first-order chi connectivity index (χ1) is 8.36. The molecule has 1 rings (SSSR count). The Morgan fingerprint density at radius 1 is 1.06 bits per heavy atom. The smallest absolute Gasteiger partial charge is 0.0716 e. The van der Waals surface area contributed by atoms with Gasteiger partial charge in [0.25, 0.3) is 0 Å². The van der Waals surface area contributed by atoms with Gasteiger partial charge in [-0.2, -0.15) is 0 Å². The Balaban J connectivity index is 2.09. The standard InChI is InChI=1S/C15H25NO/c1-2-3-4-5-6-10-17-13-15-9-7-8-14(11-15)12-16/h7-9,11H,2-6,10,12-13,16H2,1H3. The molecule has 1 aromatic rings. The van der Waals surface area contributed by atoms with Crippen molar-refractivity contribution in [1.82, 2.24) is 0 Å². The number of unbranched alkanes of at least 4 members (excludes halogenated alkanes) is 4. The number of rotatable bonds is 9. The second-order valence-electron chi connectivity index (χ2n) is 4.49. The molecule has 2 nitrogen and oxygen atoms in total. The van der Waals surface area contributed by atoms with Crippen molar-refractivity contribution >= 4 is 0 Å². The highest BCUT2D eigenvalue weighted by atomic mass is 16.5. The number of hydrogen-bond acceptors (Lipinski definition) is 2. The summed E-state index contributed by atoms with van der Waals surface area (Å²) >= 11 is 0. The third-order valence-corrected chi connectivity index (χ3v) is 2.89. The van der Waals surface area contributed by atoms with Gasteiger partial charge in [-0.1, -0.05) is 56.9 Å². The van der Waals surface area contributed by atoms with Gasteiger partial charge in [0.15, 0.2) is 0 Å². The van der Waals surface area contributed by atoms with Gasteiger partial charge in [-0.3, -0.25) is 0 Å². The summed E-state index contributed by atoms with van der Waals surface area (Å²) in [5, 5.41) is 0. The molecule has 0 aliphatic carbocycles. The van der Waals surface area contributed by atoms with Crippen LogP contribution in [0, 0.1) is 0 Å². The van der Waals surface area contributed by atoms with Crippen molar-refractivity contribution in [2.24, 2.45) is 5.73 Å². The number of nitrogens with two attached hydrogens (primary N) is 1. The highest BCUT2D eigenvalue weighted by molar-refractivity contribution is 5.22. The van der Waals surface area contributed by atoms with E-state index < -0.39 is 0 Å². The van der Waals surface area contributed by atoms with Crippen LogP contribution in [0.25, 0.3) is 0 Å². The zero-order valence-electron chi connectivity index (χ0n) is 11.0. The van der Waals surface area contributed by atoms with Gasteiger partial charge in [0.05, 0.1) is 6.61 Å². The highest BCUT2D eigenvalue weighted by Gasteiger charge is 1.95. The molecule has 0 atom stereocenters. The van der Waals surface area contributed by atoms with E-state index in [9.17, 15) is 0 Å². The molecule has 0 aromatic heterocycles. The van der Waals surface area contributed by atoms with Gasteiger partial charge in [0.1, 0.15) is 0 Å². The van der Waals surface area contributed by atoms with Crippen molar-refractivity contribution in [3.63, 3.8) is 0 Å². The Morgan fingerprint density at radius 2 is 1.82 bits per heavy atom. The first kappa shape index (κ1) is 14.2. The summed E-state index contributed by atoms with van der Waals surface area (Å²) in [6.45, 7) is 4.42. The second-order valence-corrected chi connectivity index (χ2v) is 4.49. The molecule has 0 bridgehead atoms. The maximum Gasteiger partial charge on any atom is 0.0716 e. The van der Waals surface area contributed by atoms with E-state index >= 15 is 0 Å². The Labute approximate surface area is 105 Å². The molecule has 0 aliphatic rings. The predicted molar refractivity (Wildman–Crippen MR) is 72.7 cm³/mol. The fraction of sp³-hybridized carbons (Fsp3) is 0.600. The fourth-order valence-electron chi connectivity index (χ4n) is 1.84. The first-order valence-corrected chi connectivity index (χ1v) is 6.72. The number of benzene rings is 1. The molecule has 0 radical (unpaired) electrons. The monoisotopic (exact) mass is 235 g/mol. The lowest BCUT2D eigenvalue weighted by Crippen LogP contribution is -1.99. The molecular formula is C15H25NO. The Morgan fingerprint density at radius 3 is 2.59 bits per heavy atom. The van der Waals surface area contributed by atoms with Gasteiger partial charge >= 0.3 is 0 Å². The van der Waals surface area contributed by atoms with Gasteiger partial charge in [0.2, 0.25) is 0 Å². The van der Waals surface area contributed by atoms with Gasteiger partial charge < -0.3 is 10.5 Å². The van der Waals surface area contributed by atoms with Crippen molar-refractivity contribution in [3.05, 3.63) is 35.4 Å². The van der Waals surface area contributed by atoms with Crippen LogP contribution < -0.4 is 5.73 Å². The molecule has 2 N–H and O–H groups in total. The number of ether oxygens (including phenoxy) is 1. The topological polar surface area (TPSA) is 35.2 Å². The van der Waals surface area contributed by atoms with Crippen molar-refractivity contribution in [2.45, 2.75) is 52.2 Å². The molecule has 0 unspecified atom stereocenters. The van der Waals surface area contributed by atoms with Gasteiger partial charge in [0, 0.05) is 13.2 Å². The minimum Gasteiger partial charge on any atom is -0.377 e. The lowest BCUT2D eigenvalue weighted by atomic mass is 10.1. The van der Waals surface area contributed by atoms with E-state index in [4.69, 9.17) is 10.5 Å². The molecule has 1 aromatic carbocycles. The molecule has 2 heteroatoms. The maximum absolute atomic E-state index is 5.66. The lowest BCUT2D eigenvalue weighted by molar-refractivity contribution is 0.116. The number of hydrogen-bond donors (Lipinski definition) is 1. The molecule has 0 amide bonds. The van der Waals surface area contributed by atoms with Crippen molar-refractivity contribution in [3.8, 4) is 0 Å². The van der Waals surface area contributed by atoms with E-state index in [-0.39, 0.29) is 0 Å². The predicted octanol–water partition coefficient (Wildman–Crippen LogP) is 3.63. The molecule has 0 heterocycles.